The minimum Gasteiger partial charge on any atom is -0.377 e. The highest BCUT2D eigenvalue weighted by Crippen LogP contribution is 2.12. The lowest BCUT2D eigenvalue weighted by Crippen LogP contribution is -2.22. The minimum atomic E-state index is -0.159. The number of carbonyl (C=O) groups is 1. The molecule has 1 N–H and O–H groups in total. The van der Waals surface area contributed by atoms with Gasteiger partial charge in [0, 0.05) is 40.5 Å². The Kier molecular flexibility index (Phi) is 4.49. The number of rotatable bonds is 5. The molecule has 0 aliphatic heterocycles. The van der Waals surface area contributed by atoms with Gasteiger partial charge in [-0.05, 0) is 6.07 Å². The predicted octanol–water partition coefficient (Wildman–Crippen LogP) is 0.552. The molecule has 8 heteroatoms. The first-order chi connectivity index (χ1) is 10.0. The van der Waals surface area contributed by atoms with Crippen molar-refractivity contribution in [3.63, 3.8) is 0 Å². The zero-order valence-corrected chi connectivity index (χ0v) is 12.5. The molecule has 0 aliphatic carbocycles. The fraction of sp³-hybridized carbons (Fsp3) is 0.385. The van der Waals surface area contributed by atoms with Crippen LogP contribution in [0.3, 0.4) is 0 Å². The molecule has 8 nitrogen and oxygen atoms in total. The first kappa shape index (κ1) is 14.9. The van der Waals surface area contributed by atoms with Crippen LogP contribution in [-0.4, -0.2) is 58.8 Å². The Morgan fingerprint density at radius 2 is 2.19 bits per heavy atom. The summed E-state index contributed by atoms with van der Waals surface area (Å²) in [6.07, 6.45) is 1.69. The molecule has 0 spiro atoms. The molecule has 2 rings (SSSR count). The first-order valence-corrected chi connectivity index (χ1v) is 6.37. The van der Waals surface area contributed by atoms with E-state index in [1.165, 1.54) is 4.90 Å². The van der Waals surface area contributed by atoms with Crippen molar-refractivity contribution >= 4 is 11.7 Å². The van der Waals surface area contributed by atoms with Gasteiger partial charge in [-0.1, -0.05) is 0 Å². The van der Waals surface area contributed by atoms with Gasteiger partial charge in [0.1, 0.15) is 12.4 Å². The van der Waals surface area contributed by atoms with Crippen molar-refractivity contribution in [2.45, 2.75) is 6.61 Å². The highest BCUT2D eigenvalue weighted by molar-refractivity contribution is 5.91. The molecule has 0 radical (unpaired) electrons. The highest BCUT2D eigenvalue weighted by Gasteiger charge is 2.13. The number of aromatic nitrogens is 4. The molecular formula is C13H18N6O2. The Balaban J connectivity index is 2.37. The molecule has 21 heavy (non-hydrogen) atoms. The molecule has 0 aliphatic rings. The third kappa shape index (κ3) is 3.34. The standard InChI is InChI=1S/C13H18N6O2/c1-14-10-7-12(16-11(15-10)8-21-4)19-6-5-9(17-19)13(20)18(2)3/h5-7H,8H2,1-4H3,(H,14,15,16). The highest BCUT2D eigenvalue weighted by atomic mass is 16.5. The summed E-state index contributed by atoms with van der Waals surface area (Å²) >= 11 is 0. The Bertz CT molecular complexity index is 637. The van der Waals surface area contributed by atoms with Crippen molar-refractivity contribution in [3.05, 3.63) is 29.8 Å². The lowest BCUT2D eigenvalue weighted by atomic mass is 10.4. The topological polar surface area (TPSA) is 85.2 Å². The molecule has 0 saturated heterocycles. The van der Waals surface area contributed by atoms with Crippen molar-refractivity contribution in [3.8, 4) is 5.82 Å². The number of amides is 1. The number of carbonyl (C=O) groups excluding carboxylic acids is 1. The maximum Gasteiger partial charge on any atom is 0.273 e. The average molecular weight is 290 g/mol. The second kappa shape index (κ2) is 6.31. The van der Waals surface area contributed by atoms with Gasteiger partial charge in [0.05, 0.1) is 0 Å². The number of nitrogens with one attached hydrogen (secondary N) is 1. The van der Waals surface area contributed by atoms with Gasteiger partial charge >= 0.3 is 0 Å². The van der Waals surface area contributed by atoms with E-state index >= 15 is 0 Å². The summed E-state index contributed by atoms with van der Waals surface area (Å²) in [5.74, 6) is 1.60. The molecule has 0 aromatic carbocycles. The van der Waals surface area contributed by atoms with E-state index in [4.69, 9.17) is 4.74 Å². The van der Waals surface area contributed by atoms with Crippen LogP contribution in [-0.2, 0) is 11.3 Å². The van der Waals surface area contributed by atoms with Crippen LogP contribution < -0.4 is 5.32 Å². The molecule has 0 unspecified atom stereocenters. The normalized spacial score (nSPS) is 10.5. The van der Waals surface area contributed by atoms with Crippen molar-refractivity contribution in [2.75, 3.05) is 33.6 Å². The molecule has 2 aromatic heterocycles. The number of ether oxygens (including phenoxy) is 1. The number of hydrogen-bond acceptors (Lipinski definition) is 6. The third-order valence-electron chi connectivity index (χ3n) is 2.74. The largest absolute Gasteiger partial charge is 0.377 e. The van der Waals surface area contributed by atoms with E-state index in [0.717, 1.165) is 0 Å². The molecule has 0 fully saturated rings. The van der Waals surface area contributed by atoms with E-state index in [2.05, 4.69) is 20.4 Å². The van der Waals surface area contributed by atoms with Crippen LogP contribution in [0.1, 0.15) is 16.3 Å². The molecule has 0 saturated carbocycles. The van der Waals surface area contributed by atoms with Crippen LogP contribution in [0.15, 0.2) is 18.3 Å². The monoisotopic (exact) mass is 290 g/mol. The van der Waals surface area contributed by atoms with Crippen LogP contribution in [0.25, 0.3) is 5.82 Å². The van der Waals surface area contributed by atoms with E-state index in [1.807, 2.05) is 0 Å². The molecule has 2 aromatic rings. The SMILES string of the molecule is CNc1cc(-n2ccc(C(=O)N(C)C)n2)nc(COC)n1. The zero-order chi connectivity index (χ0) is 15.4. The summed E-state index contributed by atoms with van der Waals surface area (Å²) in [5.41, 5.74) is 0.359. The van der Waals surface area contributed by atoms with Crippen molar-refractivity contribution < 1.29 is 9.53 Å². The zero-order valence-electron chi connectivity index (χ0n) is 12.5. The van der Waals surface area contributed by atoms with E-state index in [-0.39, 0.29) is 5.91 Å². The van der Waals surface area contributed by atoms with E-state index in [9.17, 15) is 4.79 Å². The van der Waals surface area contributed by atoms with Crippen LogP contribution in [0.4, 0.5) is 5.82 Å². The summed E-state index contributed by atoms with van der Waals surface area (Å²) in [5, 5.41) is 7.21. The van der Waals surface area contributed by atoms with Gasteiger partial charge in [0.25, 0.3) is 5.91 Å². The van der Waals surface area contributed by atoms with Crippen molar-refractivity contribution in [1.29, 1.82) is 0 Å². The summed E-state index contributed by atoms with van der Waals surface area (Å²) in [4.78, 5) is 22.0. The molecular weight excluding hydrogens is 272 g/mol. The molecule has 0 atom stereocenters. The second-order valence-electron chi connectivity index (χ2n) is 4.56. The van der Waals surface area contributed by atoms with Crippen molar-refractivity contribution in [1.82, 2.24) is 24.6 Å². The molecule has 1 amide bonds. The first-order valence-electron chi connectivity index (χ1n) is 6.37. The lowest BCUT2D eigenvalue weighted by Gasteiger charge is -2.08. The fourth-order valence-electron chi connectivity index (χ4n) is 1.72. The van der Waals surface area contributed by atoms with Gasteiger partial charge < -0.3 is 15.0 Å². The van der Waals surface area contributed by atoms with Gasteiger partial charge in [0.2, 0.25) is 0 Å². The number of methoxy groups -OCH3 is 1. The summed E-state index contributed by atoms with van der Waals surface area (Å²) in [7, 11) is 6.72. The Hall–Kier alpha value is -2.48. The summed E-state index contributed by atoms with van der Waals surface area (Å²) < 4.78 is 6.59. The molecule has 112 valence electrons. The smallest absolute Gasteiger partial charge is 0.273 e. The number of anilines is 1. The Morgan fingerprint density at radius 1 is 1.43 bits per heavy atom. The van der Waals surface area contributed by atoms with Gasteiger partial charge in [-0.25, -0.2) is 14.6 Å². The summed E-state index contributed by atoms with van der Waals surface area (Å²) in [6, 6.07) is 3.40. The number of nitrogens with zero attached hydrogens (tertiary/aromatic N) is 5. The molecule has 2 heterocycles. The summed E-state index contributed by atoms with van der Waals surface area (Å²) in [6.45, 7) is 0.299. The van der Waals surface area contributed by atoms with Gasteiger partial charge in [-0.2, -0.15) is 5.10 Å². The minimum absolute atomic E-state index is 0.159. The Morgan fingerprint density at radius 3 is 2.81 bits per heavy atom. The second-order valence-corrected chi connectivity index (χ2v) is 4.56. The van der Waals surface area contributed by atoms with Gasteiger partial charge in [0.15, 0.2) is 17.3 Å². The van der Waals surface area contributed by atoms with E-state index in [1.54, 1.807) is 51.3 Å². The maximum atomic E-state index is 11.9. The molecule has 0 bridgehead atoms. The lowest BCUT2D eigenvalue weighted by molar-refractivity contribution is 0.0821. The predicted molar refractivity (Wildman–Crippen MR) is 77.4 cm³/mol. The fourth-order valence-corrected chi connectivity index (χ4v) is 1.72. The number of hydrogen-bond donors (Lipinski definition) is 1. The van der Waals surface area contributed by atoms with Crippen molar-refractivity contribution in [2.24, 2.45) is 0 Å². The van der Waals surface area contributed by atoms with Gasteiger partial charge in [-0.15, -0.1) is 0 Å². The van der Waals surface area contributed by atoms with Crippen LogP contribution >= 0.6 is 0 Å². The van der Waals surface area contributed by atoms with E-state index < -0.39 is 0 Å². The Labute approximate surface area is 122 Å². The third-order valence-corrected chi connectivity index (χ3v) is 2.74. The van der Waals surface area contributed by atoms with Crippen LogP contribution in [0.5, 0.6) is 0 Å². The van der Waals surface area contributed by atoms with E-state index in [0.29, 0.717) is 29.8 Å². The van der Waals surface area contributed by atoms with Gasteiger partial charge in [-0.3, -0.25) is 4.79 Å². The quantitative estimate of drug-likeness (QED) is 0.865. The van der Waals surface area contributed by atoms with Crippen LogP contribution in [0, 0.1) is 0 Å². The van der Waals surface area contributed by atoms with Crippen LogP contribution in [0.2, 0.25) is 0 Å². The average Bonchev–Trinajstić information content (AvgIpc) is 2.96. The maximum absolute atomic E-state index is 11.9.